The molecular weight excluding hydrogens is 269 g/mol. The predicted octanol–water partition coefficient (Wildman–Crippen LogP) is 3.54. The van der Waals surface area contributed by atoms with E-state index in [9.17, 15) is 9.18 Å². The second-order valence-corrected chi connectivity index (χ2v) is 6.84. The first-order valence-electron chi connectivity index (χ1n) is 7.39. The zero-order valence-electron chi connectivity index (χ0n) is 13.2. The minimum Gasteiger partial charge on any atom is -0.493 e. The molecule has 1 saturated carbocycles. The van der Waals surface area contributed by atoms with E-state index in [0.29, 0.717) is 5.56 Å². The van der Waals surface area contributed by atoms with Crippen molar-refractivity contribution in [3.63, 3.8) is 0 Å². The van der Waals surface area contributed by atoms with Crippen LogP contribution in [0.5, 0.6) is 5.75 Å². The number of carbonyl (C=O) groups excluding carboxylic acids is 1. The normalized spacial score (nSPS) is 24.6. The molecule has 2 atom stereocenters. The summed E-state index contributed by atoms with van der Waals surface area (Å²) in [6.45, 7) is 6.00. The number of carbonyl (C=O) groups is 1. The molecule has 0 saturated heterocycles. The Hall–Kier alpha value is -1.58. The van der Waals surface area contributed by atoms with Gasteiger partial charge in [0.25, 0.3) is 0 Å². The van der Waals surface area contributed by atoms with Crippen molar-refractivity contribution in [2.45, 2.75) is 46.0 Å². The molecule has 1 aromatic carbocycles. The monoisotopic (exact) mass is 293 g/mol. The molecule has 1 aliphatic carbocycles. The van der Waals surface area contributed by atoms with Crippen LogP contribution in [0.1, 0.15) is 50.2 Å². The quantitative estimate of drug-likeness (QED) is 0.926. The Morgan fingerprint density at radius 2 is 2.10 bits per heavy atom. The third-order valence-corrected chi connectivity index (χ3v) is 4.68. The number of rotatable bonds is 3. The third-order valence-electron chi connectivity index (χ3n) is 4.68. The standard InChI is InChI=1S/C17H24FNO2/c1-10-5-6-12(15(21-4)14(10)18)11-7-8-17(2,3)9-13(11)16(19)20/h5-6,11,13H,7-9H2,1-4H3,(H2,19,20). The highest BCUT2D eigenvalue weighted by atomic mass is 19.1. The number of halogens is 1. The van der Waals surface area contributed by atoms with Crippen molar-refractivity contribution in [1.82, 2.24) is 0 Å². The average Bonchev–Trinajstić information content (AvgIpc) is 2.41. The Balaban J connectivity index is 2.45. The Bertz CT molecular complexity index is 554. The van der Waals surface area contributed by atoms with Crippen molar-refractivity contribution in [1.29, 1.82) is 0 Å². The topological polar surface area (TPSA) is 52.3 Å². The van der Waals surface area contributed by atoms with E-state index in [1.807, 2.05) is 6.07 Å². The van der Waals surface area contributed by atoms with Gasteiger partial charge in [-0.25, -0.2) is 4.39 Å². The fraction of sp³-hybridized carbons (Fsp3) is 0.588. The van der Waals surface area contributed by atoms with Crippen molar-refractivity contribution < 1.29 is 13.9 Å². The van der Waals surface area contributed by atoms with Crippen molar-refractivity contribution in [2.24, 2.45) is 17.1 Å². The highest BCUT2D eigenvalue weighted by Gasteiger charge is 2.40. The highest BCUT2D eigenvalue weighted by Crippen LogP contribution is 2.48. The Morgan fingerprint density at radius 1 is 1.43 bits per heavy atom. The number of hydrogen-bond acceptors (Lipinski definition) is 2. The van der Waals surface area contributed by atoms with Gasteiger partial charge in [0.1, 0.15) is 0 Å². The van der Waals surface area contributed by atoms with Crippen LogP contribution in [0, 0.1) is 24.1 Å². The fourth-order valence-electron chi connectivity index (χ4n) is 3.43. The number of amides is 1. The van der Waals surface area contributed by atoms with Crippen LogP contribution in [0.2, 0.25) is 0 Å². The minimum atomic E-state index is -0.344. The van der Waals surface area contributed by atoms with Gasteiger partial charge >= 0.3 is 0 Å². The first-order chi connectivity index (χ1) is 9.76. The number of methoxy groups -OCH3 is 1. The largest absolute Gasteiger partial charge is 0.493 e. The highest BCUT2D eigenvalue weighted by molar-refractivity contribution is 5.78. The molecule has 0 heterocycles. The molecule has 1 fully saturated rings. The number of benzene rings is 1. The van der Waals surface area contributed by atoms with E-state index < -0.39 is 0 Å². The van der Waals surface area contributed by atoms with Crippen LogP contribution in [0.15, 0.2) is 12.1 Å². The maximum atomic E-state index is 14.3. The van der Waals surface area contributed by atoms with Gasteiger partial charge in [-0.3, -0.25) is 4.79 Å². The molecule has 2 unspecified atom stereocenters. The maximum absolute atomic E-state index is 14.3. The number of primary amides is 1. The van der Waals surface area contributed by atoms with E-state index in [1.165, 1.54) is 7.11 Å². The van der Waals surface area contributed by atoms with E-state index >= 15 is 0 Å². The lowest BCUT2D eigenvalue weighted by Gasteiger charge is -2.40. The molecule has 1 aromatic rings. The van der Waals surface area contributed by atoms with Gasteiger partial charge in [-0.2, -0.15) is 0 Å². The summed E-state index contributed by atoms with van der Waals surface area (Å²) in [4.78, 5) is 11.9. The first-order valence-corrected chi connectivity index (χ1v) is 7.39. The van der Waals surface area contributed by atoms with Crippen LogP contribution in [0.3, 0.4) is 0 Å². The van der Waals surface area contributed by atoms with E-state index in [0.717, 1.165) is 24.8 Å². The second kappa shape index (κ2) is 5.66. The predicted molar refractivity (Wildman–Crippen MR) is 80.7 cm³/mol. The summed E-state index contributed by atoms with van der Waals surface area (Å²) in [6, 6.07) is 3.61. The molecule has 4 heteroatoms. The number of nitrogens with two attached hydrogens (primary N) is 1. The van der Waals surface area contributed by atoms with Gasteiger partial charge in [0.15, 0.2) is 11.6 Å². The third kappa shape index (κ3) is 3.04. The van der Waals surface area contributed by atoms with Crippen molar-refractivity contribution in [3.05, 3.63) is 29.1 Å². The number of ether oxygens (including phenoxy) is 1. The van der Waals surface area contributed by atoms with Crippen LogP contribution >= 0.6 is 0 Å². The Morgan fingerprint density at radius 3 is 2.67 bits per heavy atom. The summed E-state index contributed by atoms with van der Waals surface area (Å²) in [5.41, 5.74) is 7.00. The summed E-state index contributed by atoms with van der Waals surface area (Å²) in [5.74, 6) is -0.741. The van der Waals surface area contributed by atoms with E-state index in [2.05, 4.69) is 13.8 Å². The molecule has 21 heavy (non-hydrogen) atoms. The zero-order chi connectivity index (χ0) is 15.8. The fourth-order valence-corrected chi connectivity index (χ4v) is 3.43. The lowest BCUT2D eigenvalue weighted by Crippen LogP contribution is -2.37. The van der Waals surface area contributed by atoms with Crippen LogP contribution in [-0.2, 0) is 4.79 Å². The molecular formula is C17H24FNO2. The Kier molecular flexibility index (Phi) is 4.26. The van der Waals surface area contributed by atoms with E-state index in [-0.39, 0.29) is 34.7 Å². The van der Waals surface area contributed by atoms with Gasteiger partial charge in [0.05, 0.1) is 7.11 Å². The van der Waals surface area contributed by atoms with Crippen LogP contribution in [-0.4, -0.2) is 13.0 Å². The van der Waals surface area contributed by atoms with Crippen molar-refractivity contribution >= 4 is 5.91 Å². The van der Waals surface area contributed by atoms with E-state index in [1.54, 1.807) is 13.0 Å². The van der Waals surface area contributed by atoms with Gasteiger partial charge in [-0.05, 0) is 43.1 Å². The number of aryl methyl sites for hydroxylation is 1. The molecule has 0 aliphatic heterocycles. The average molecular weight is 293 g/mol. The van der Waals surface area contributed by atoms with Crippen molar-refractivity contribution in [2.75, 3.05) is 7.11 Å². The first kappa shape index (κ1) is 15.8. The van der Waals surface area contributed by atoms with Gasteiger partial charge in [-0.1, -0.05) is 26.0 Å². The lowest BCUT2D eigenvalue weighted by molar-refractivity contribution is -0.124. The summed E-state index contributed by atoms with van der Waals surface area (Å²) in [6.07, 6.45) is 2.53. The molecule has 1 amide bonds. The second-order valence-electron chi connectivity index (χ2n) is 6.84. The summed E-state index contributed by atoms with van der Waals surface area (Å²) in [5, 5.41) is 0. The van der Waals surface area contributed by atoms with Crippen molar-refractivity contribution in [3.8, 4) is 5.75 Å². The zero-order valence-corrected chi connectivity index (χ0v) is 13.2. The molecule has 2 N–H and O–H groups in total. The molecule has 0 aromatic heterocycles. The van der Waals surface area contributed by atoms with E-state index in [4.69, 9.17) is 10.5 Å². The van der Waals surface area contributed by atoms with Gasteiger partial charge in [0.2, 0.25) is 5.91 Å². The van der Waals surface area contributed by atoms with Gasteiger partial charge in [-0.15, -0.1) is 0 Å². The van der Waals surface area contributed by atoms with Gasteiger partial charge in [0, 0.05) is 11.5 Å². The maximum Gasteiger partial charge on any atom is 0.221 e. The van der Waals surface area contributed by atoms with Gasteiger partial charge < -0.3 is 10.5 Å². The number of hydrogen-bond donors (Lipinski definition) is 1. The molecule has 116 valence electrons. The molecule has 3 nitrogen and oxygen atoms in total. The summed E-state index contributed by atoms with van der Waals surface area (Å²) < 4.78 is 19.5. The lowest BCUT2D eigenvalue weighted by atomic mass is 9.65. The molecule has 0 radical (unpaired) electrons. The summed E-state index contributed by atoms with van der Waals surface area (Å²) >= 11 is 0. The Labute approximate surface area is 125 Å². The smallest absolute Gasteiger partial charge is 0.221 e. The van der Waals surface area contributed by atoms with Crippen LogP contribution in [0.4, 0.5) is 4.39 Å². The SMILES string of the molecule is COc1c(C2CCC(C)(C)CC2C(N)=O)ccc(C)c1F. The molecule has 1 aliphatic rings. The van der Waals surface area contributed by atoms with Crippen LogP contribution in [0.25, 0.3) is 0 Å². The molecule has 2 rings (SSSR count). The molecule has 0 spiro atoms. The molecule has 0 bridgehead atoms. The summed E-state index contributed by atoms with van der Waals surface area (Å²) in [7, 11) is 1.47. The van der Waals surface area contributed by atoms with Crippen LogP contribution < -0.4 is 10.5 Å². The minimum absolute atomic E-state index is 0.0689.